The third-order valence-electron chi connectivity index (χ3n) is 5.09. The topological polar surface area (TPSA) is 35.5 Å². The Hall–Kier alpha value is -0.120. The molecule has 3 nitrogen and oxygen atoms in total. The van der Waals surface area contributed by atoms with Crippen molar-refractivity contribution in [1.82, 2.24) is 10.2 Å². The Bertz CT molecular complexity index is 263. The van der Waals surface area contributed by atoms with Crippen LogP contribution in [0.4, 0.5) is 0 Å². The predicted octanol–water partition coefficient (Wildman–Crippen LogP) is 2.00. The minimum Gasteiger partial charge on any atom is -0.389 e. The lowest BCUT2D eigenvalue weighted by Crippen LogP contribution is -2.54. The second kappa shape index (κ2) is 5.89. The van der Waals surface area contributed by atoms with E-state index >= 15 is 0 Å². The third kappa shape index (κ3) is 3.46. The van der Waals surface area contributed by atoms with Gasteiger partial charge in [0.1, 0.15) is 0 Å². The molecule has 1 aliphatic heterocycles. The molecule has 1 heterocycles. The zero-order valence-corrected chi connectivity index (χ0v) is 12.3. The van der Waals surface area contributed by atoms with Gasteiger partial charge in [-0.15, -0.1) is 0 Å². The molecule has 2 fully saturated rings. The van der Waals surface area contributed by atoms with Crippen LogP contribution in [0.15, 0.2) is 0 Å². The minimum atomic E-state index is -0.426. The smallest absolute Gasteiger partial charge is 0.0771 e. The van der Waals surface area contributed by atoms with Gasteiger partial charge in [-0.05, 0) is 39.2 Å². The molecular weight excluding hydrogens is 224 g/mol. The summed E-state index contributed by atoms with van der Waals surface area (Å²) in [6, 6.07) is 1.22. The van der Waals surface area contributed by atoms with E-state index in [-0.39, 0.29) is 0 Å². The van der Waals surface area contributed by atoms with Crippen LogP contribution < -0.4 is 5.32 Å². The van der Waals surface area contributed by atoms with Crippen LogP contribution >= 0.6 is 0 Å². The van der Waals surface area contributed by atoms with Crippen LogP contribution in [-0.4, -0.2) is 47.8 Å². The molecular formula is C15H30N2O. The van der Waals surface area contributed by atoms with Gasteiger partial charge < -0.3 is 15.3 Å². The first-order chi connectivity index (χ1) is 8.50. The highest BCUT2D eigenvalue weighted by molar-refractivity contribution is 4.90. The van der Waals surface area contributed by atoms with E-state index in [0.29, 0.717) is 18.0 Å². The molecule has 2 rings (SSSR count). The molecule has 0 aromatic carbocycles. The largest absolute Gasteiger partial charge is 0.389 e. The fraction of sp³-hybridized carbons (Fsp3) is 1.00. The SMILES string of the molecule is CC1CN(C)C(C)CC1NCC1(O)CCCCC1. The number of rotatable bonds is 3. The summed E-state index contributed by atoms with van der Waals surface area (Å²) in [6.07, 6.45) is 6.85. The van der Waals surface area contributed by atoms with Gasteiger partial charge in [-0.1, -0.05) is 26.2 Å². The van der Waals surface area contributed by atoms with Gasteiger partial charge in [-0.2, -0.15) is 0 Å². The first-order valence-electron chi connectivity index (χ1n) is 7.66. The standard InChI is InChI=1S/C15H30N2O/c1-12-10-17(3)13(2)9-14(12)16-11-15(18)7-5-4-6-8-15/h12-14,16,18H,4-11H2,1-3H3. The quantitative estimate of drug-likeness (QED) is 0.808. The van der Waals surface area contributed by atoms with Crippen LogP contribution in [0.3, 0.4) is 0 Å². The molecule has 1 saturated heterocycles. The summed E-state index contributed by atoms with van der Waals surface area (Å²) in [5.41, 5.74) is -0.426. The average Bonchev–Trinajstić information content (AvgIpc) is 2.33. The van der Waals surface area contributed by atoms with Crippen LogP contribution in [-0.2, 0) is 0 Å². The number of aliphatic hydroxyl groups is 1. The van der Waals surface area contributed by atoms with E-state index in [9.17, 15) is 5.11 Å². The maximum absolute atomic E-state index is 10.5. The average molecular weight is 254 g/mol. The molecule has 3 unspecified atom stereocenters. The van der Waals surface area contributed by atoms with Gasteiger partial charge in [-0.3, -0.25) is 0 Å². The summed E-state index contributed by atoms with van der Waals surface area (Å²) in [7, 11) is 2.21. The molecule has 18 heavy (non-hydrogen) atoms. The number of nitrogens with zero attached hydrogens (tertiary/aromatic N) is 1. The van der Waals surface area contributed by atoms with Crippen molar-refractivity contribution >= 4 is 0 Å². The van der Waals surface area contributed by atoms with Crippen molar-refractivity contribution in [2.75, 3.05) is 20.1 Å². The molecule has 3 heteroatoms. The Kier molecular flexibility index (Phi) is 4.68. The molecule has 1 aliphatic carbocycles. The first-order valence-corrected chi connectivity index (χ1v) is 7.66. The number of nitrogens with one attached hydrogen (secondary N) is 1. The van der Waals surface area contributed by atoms with E-state index in [4.69, 9.17) is 0 Å². The molecule has 106 valence electrons. The molecule has 0 amide bonds. The lowest BCUT2D eigenvalue weighted by atomic mass is 9.83. The minimum absolute atomic E-state index is 0.426. The second-order valence-electron chi connectivity index (χ2n) is 6.77. The molecule has 0 aromatic heterocycles. The van der Waals surface area contributed by atoms with Gasteiger partial charge >= 0.3 is 0 Å². The van der Waals surface area contributed by atoms with Crippen LogP contribution in [0, 0.1) is 5.92 Å². The van der Waals surface area contributed by atoms with Crippen LogP contribution in [0.5, 0.6) is 0 Å². The van der Waals surface area contributed by atoms with E-state index in [1.807, 2.05) is 0 Å². The predicted molar refractivity (Wildman–Crippen MR) is 75.7 cm³/mol. The van der Waals surface area contributed by atoms with Crippen molar-refractivity contribution < 1.29 is 5.11 Å². The number of likely N-dealkylation sites (tertiary alicyclic amines) is 1. The molecule has 0 bridgehead atoms. The second-order valence-corrected chi connectivity index (χ2v) is 6.77. The summed E-state index contributed by atoms with van der Waals surface area (Å²) < 4.78 is 0. The van der Waals surface area contributed by atoms with Crippen LogP contribution in [0.1, 0.15) is 52.4 Å². The van der Waals surface area contributed by atoms with Crippen molar-refractivity contribution in [2.24, 2.45) is 5.92 Å². The van der Waals surface area contributed by atoms with E-state index in [1.54, 1.807) is 0 Å². The molecule has 2 N–H and O–H groups in total. The van der Waals surface area contributed by atoms with Gasteiger partial charge in [0.15, 0.2) is 0 Å². The molecule has 1 saturated carbocycles. The first kappa shape index (κ1) is 14.3. The Labute approximate surface area is 112 Å². The summed E-state index contributed by atoms with van der Waals surface area (Å²) in [6.45, 7) is 6.58. The van der Waals surface area contributed by atoms with Crippen LogP contribution in [0.2, 0.25) is 0 Å². The molecule has 0 aromatic rings. The normalized spacial score (nSPS) is 37.7. The van der Waals surface area contributed by atoms with E-state index in [2.05, 4.69) is 31.1 Å². The zero-order chi connectivity index (χ0) is 13.2. The summed E-state index contributed by atoms with van der Waals surface area (Å²) in [5, 5.41) is 14.2. The van der Waals surface area contributed by atoms with Gasteiger partial charge in [0.05, 0.1) is 5.60 Å². The van der Waals surface area contributed by atoms with Crippen molar-refractivity contribution in [1.29, 1.82) is 0 Å². The number of hydrogen-bond donors (Lipinski definition) is 2. The zero-order valence-electron chi connectivity index (χ0n) is 12.3. The molecule has 0 spiro atoms. The fourth-order valence-electron chi connectivity index (χ4n) is 3.53. The summed E-state index contributed by atoms with van der Waals surface area (Å²) >= 11 is 0. The number of piperidine rings is 1. The highest BCUT2D eigenvalue weighted by Gasteiger charge is 2.33. The van der Waals surface area contributed by atoms with Gasteiger partial charge in [0, 0.05) is 25.2 Å². The Morgan fingerprint density at radius 1 is 1.22 bits per heavy atom. The highest BCUT2D eigenvalue weighted by atomic mass is 16.3. The number of hydrogen-bond acceptors (Lipinski definition) is 3. The van der Waals surface area contributed by atoms with Crippen molar-refractivity contribution in [2.45, 2.75) is 70.1 Å². The summed E-state index contributed by atoms with van der Waals surface area (Å²) in [4.78, 5) is 2.44. The van der Waals surface area contributed by atoms with Crippen molar-refractivity contribution in [3.05, 3.63) is 0 Å². The van der Waals surface area contributed by atoms with E-state index < -0.39 is 5.60 Å². The Morgan fingerprint density at radius 2 is 1.89 bits per heavy atom. The lowest BCUT2D eigenvalue weighted by Gasteiger charge is -2.42. The van der Waals surface area contributed by atoms with Crippen molar-refractivity contribution in [3.63, 3.8) is 0 Å². The maximum atomic E-state index is 10.5. The summed E-state index contributed by atoms with van der Waals surface area (Å²) in [5.74, 6) is 0.679. The van der Waals surface area contributed by atoms with E-state index in [0.717, 1.165) is 25.9 Å². The third-order valence-corrected chi connectivity index (χ3v) is 5.09. The lowest BCUT2D eigenvalue weighted by molar-refractivity contribution is -0.00304. The Balaban J connectivity index is 1.82. The van der Waals surface area contributed by atoms with Gasteiger partial charge in [0.2, 0.25) is 0 Å². The van der Waals surface area contributed by atoms with E-state index in [1.165, 1.54) is 25.7 Å². The van der Waals surface area contributed by atoms with Crippen LogP contribution in [0.25, 0.3) is 0 Å². The molecule has 3 atom stereocenters. The monoisotopic (exact) mass is 254 g/mol. The highest BCUT2D eigenvalue weighted by Crippen LogP contribution is 2.28. The van der Waals surface area contributed by atoms with Gasteiger partial charge in [0.25, 0.3) is 0 Å². The van der Waals surface area contributed by atoms with Gasteiger partial charge in [-0.25, -0.2) is 0 Å². The maximum Gasteiger partial charge on any atom is 0.0771 e. The van der Waals surface area contributed by atoms with Crippen molar-refractivity contribution in [3.8, 4) is 0 Å². The molecule has 2 aliphatic rings. The molecule has 0 radical (unpaired) electrons. The Morgan fingerprint density at radius 3 is 2.56 bits per heavy atom. The fourth-order valence-corrected chi connectivity index (χ4v) is 3.53.